The van der Waals surface area contributed by atoms with Gasteiger partial charge in [-0.15, -0.1) is 0 Å². The van der Waals surface area contributed by atoms with Crippen LogP contribution in [0.4, 0.5) is 5.69 Å². The van der Waals surface area contributed by atoms with Gasteiger partial charge in [0.1, 0.15) is 5.56 Å². The molecule has 6 nitrogen and oxygen atoms in total. The number of benzene rings is 2. The van der Waals surface area contributed by atoms with Crippen LogP contribution in [-0.4, -0.2) is 34.5 Å². The van der Waals surface area contributed by atoms with E-state index in [9.17, 15) is 19.7 Å². The molecule has 0 N–H and O–H groups in total. The minimum absolute atomic E-state index is 0.0818. The fourth-order valence-electron chi connectivity index (χ4n) is 3.75. The Morgan fingerprint density at radius 3 is 2.19 bits per heavy atom. The lowest BCUT2D eigenvalue weighted by Crippen LogP contribution is -2.24. The highest BCUT2D eigenvalue weighted by atomic mass is 16.6. The second-order valence-electron chi connectivity index (χ2n) is 6.49. The third-order valence-electron chi connectivity index (χ3n) is 5.05. The number of nitrogens with zero attached hydrogens (tertiary/aromatic N) is 2. The fraction of sp³-hybridized carbons (Fsp3) is 0.200. The van der Waals surface area contributed by atoms with Crippen LogP contribution in [0.15, 0.2) is 43.0 Å². The van der Waals surface area contributed by atoms with E-state index in [1.807, 2.05) is 4.90 Å². The second-order valence-corrected chi connectivity index (χ2v) is 6.49. The zero-order valence-corrected chi connectivity index (χ0v) is 14.0. The first kappa shape index (κ1) is 16.2. The van der Waals surface area contributed by atoms with Crippen LogP contribution in [0, 0.1) is 10.1 Å². The van der Waals surface area contributed by atoms with Gasteiger partial charge in [0.25, 0.3) is 5.69 Å². The lowest BCUT2D eigenvalue weighted by atomic mass is 9.82. The predicted octanol–water partition coefficient (Wildman–Crippen LogP) is 3.44. The van der Waals surface area contributed by atoms with Crippen LogP contribution in [0.25, 0.3) is 5.70 Å². The summed E-state index contributed by atoms with van der Waals surface area (Å²) in [4.78, 5) is 39.0. The lowest BCUT2D eigenvalue weighted by Gasteiger charge is -2.23. The number of hydrogen-bond acceptors (Lipinski definition) is 5. The summed E-state index contributed by atoms with van der Waals surface area (Å²) in [6.07, 6.45) is 2.01. The molecule has 2 aliphatic rings. The highest BCUT2D eigenvalue weighted by Gasteiger charge is 2.38. The predicted molar refractivity (Wildman–Crippen MR) is 96.2 cm³/mol. The van der Waals surface area contributed by atoms with Crippen molar-refractivity contribution >= 4 is 23.0 Å². The highest BCUT2D eigenvalue weighted by Crippen LogP contribution is 2.38. The summed E-state index contributed by atoms with van der Waals surface area (Å²) >= 11 is 0. The molecule has 4 rings (SSSR count). The van der Waals surface area contributed by atoms with Gasteiger partial charge < -0.3 is 4.90 Å². The molecule has 0 unspecified atom stereocenters. The number of rotatable bonds is 3. The fourth-order valence-corrected chi connectivity index (χ4v) is 3.75. The van der Waals surface area contributed by atoms with E-state index in [4.69, 9.17) is 0 Å². The van der Waals surface area contributed by atoms with Crippen molar-refractivity contribution in [1.29, 1.82) is 0 Å². The van der Waals surface area contributed by atoms with Gasteiger partial charge in [0.05, 0.1) is 10.5 Å². The Labute approximate surface area is 149 Å². The first-order chi connectivity index (χ1) is 12.5. The number of hydrogen-bond donors (Lipinski definition) is 0. The van der Waals surface area contributed by atoms with Crippen LogP contribution < -0.4 is 0 Å². The van der Waals surface area contributed by atoms with Crippen LogP contribution in [0.3, 0.4) is 0 Å². The molecule has 2 aromatic rings. The van der Waals surface area contributed by atoms with E-state index in [0.29, 0.717) is 11.3 Å². The first-order valence-corrected chi connectivity index (χ1v) is 8.44. The summed E-state index contributed by atoms with van der Waals surface area (Å²) in [5, 5.41) is 11.9. The van der Waals surface area contributed by atoms with Gasteiger partial charge in [-0.25, -0.2) is 0 Å². The lowest BCUT2D eigenvalue weighted by molar-refractivity contribution is -0.385. The van der Waals surface area contributed by atoms with E-state index in [1.54, 1.807) is 18.2 Å². The summed E-state index contributed by atoms with van der Waals surface area (Å²) in [6.45, 7) is 5.57. The standard InChI is InChI=1S/C20H16N2O4/c1-12(21-10-4-5-11-21)13-8-9-16-17(18(13)22(25)26)20(24)15-7-3-2-6-14(15)19(16)23/h2-3,6-9H,1,4-5,10-11H2. The van der Waals surface area contributed by atoms with Crippen molar-refractivity contribution in [1.82, 2.24) is 4.90 Å². The Kier molecular flexibility index (Phi) is 3.68. The van der Waals surface area contributed by atoms with E-state index < -0.39 is 10.7 Å². The molecule has 2 aromatic carbocycles. The van der Waals surface area contributed by atoms with Gasteiger partial charge in [-0.05, 0) is 25.0 Å². The van der Waals surface area contributed by atoms with E-state index in [1.165, 1.54) is 18.2 Å². The van der Waals surface area contributed by atoms with Crippen molar-refractivity contribution in [3.63, 3.8) is 0 Å². The Hall–Kier alpha value is -3.28. The summed E-state index contributed by atoms with van der Waals surface area (Å²) in [7, 11) is 0. The molecule has 0 bridgehead atoms. The van der Waals surface area contributed by atoms with Crippen molar-refractivity contribution in [3.8, 4) is 0 Å². The van der Waals surface area contributed by atoms with Crippen molar-refractivity contribution in [3.05, 3.63) is 80.9 Å². The van der Waals surface area contributed by atoms with Gasteiger partial charge in [0.2, 0.25) is 5.78 Å². The minimum Gasteiger partial charge on any atom is -0.371 e. The summed E-state index contributed by atoms with van der Waals surface area (Å²) in [6, 6.07) is 9.47. The molecule has 1 heterocycles. The number of fused-ring (bicyclic) bond motifs is 2. The Morgan fingerprint density at radius 1 is 0.962 bits per heavy atom. The number of nitro groups is 1. The minimum atomic E-state index is -0.575. The van der Waals surface area contributed by atoms with E-state index in [-0.39, 0.29) is 33.7 Å². The van der Waals surface area contributed by atoms with E-state index in [2.05, 4.69) is 6.58 Å². The quantitative estimate of drug-likeness (QED) is 0.535. The van der Waals surface area contributed by atoms with E-state index in [0.717, 1.165) is 25.9 Å². The SMILES string of the molecule is C=C(c1ccc2c(c1[N+](=O)[O-])C(=O)c1ccccc1C2=O)N1CCCC1. The van der Waals surface area contributed by atoms with Gasteiger partial charge in [-0.3, -0.25) is 19.7 Å². The van der Waals surface area contributed by atoms with Crippen LogP contribution in [0.2, 0.25) is 0 Å². The average molecular weight is 348 g/mol. The van der Waals surface area contributed by atoms with Crippen LogP contribution >= 0.6 is 0 Å². The Bertz CT molecular complexity index is 987. The molecule has 0 aromatic heterocycles. The van der Waals surface area contributed by atoms with Gasteiger partial charge in [0.15, 0.2) is 5.78 Å². The maximum absolute atomic E-state index is 13.0. The number of carbonyl (C=O) groups excluding carboxylic acids is 2. The third kappa shape index (κ3) is 2.26. The molecule has 0 saturated carbocycles. The summed E-state index contributed by atoms with van der Waals surface area (Å²) in [5.41, 5.74) is 0.942. The first-order valence-electron chi connectivity index (χ1n) is 8.44. The Morgan fingerprint density at radius 2 is 1.58 bits per heavy atom. The van der Waals surface area contributed by atoms with Gasteiger partial charge >= 0.3 is 0 Å². The van der Waals surface area contributed by atoms with E-state index >= 15 is 0 Å². The molecule has 0 amide bonds. The van der Waals surface area contributed by atoms with Gasteiger partial charge in [-0.1, -0.05) is 30.8 Å². The van der Waals surface area contributed by atoms with Crippen molar-refractivity contribution in [2.24, 2.45) is 0 Å². The van der Waals surface area contributed by atoms with Crippen LogP contribution in [-0.2, 0) is 0 Å². The third-order valence-corrected chi connectivity index (χ3v) is 5.05. The normalized spacial score (nSPS) is 15.6. The maximum atomic E-state index is 13.0. The molecular weight excluding hydrogens is 332 g/mol. The molecule has 0 radical (unpaired) electrons. The molecule has 1 aliphatic heterocycles. The topological polar surface area (TPSA) is 80.5 Å². The molecule has 6 heteroatoms. The number of nitro benzene ring substituents is 1. The monoisotopic (exact) mass is 348 g/mol. The number of likely N-dealkylation sites (tertiary alicyclic amines) is 1. The van der Waals surface area contributed by atoms with Crippen molar-refractivity contribution in [2.75, 3.05) is 13.1 Å². The molecule has 1 aliphatic carbocycles. The maximum Gasteiger partial charge on any atom is 0.290 e. The average Bonchev–Trinajstić information content (AvgIpc) is 3.19. The van der Waals surface area contributed by atoms with Gasteiger partial charge in [0, 0.05) is 35.5 Å². The van der Waals surface area contributed by atoms with Crippen molar-refractivity contribution < 1.29 is 14.5 Å². The smallest absolute Gasteiger partial charge is 0.290 e. The molecule has 26 heavy (non-hydrogen) atoms. The van der Waals surface area contributed by atoms with Crippen molar-refractivity contribution in [2.45, 2.75) is 12.8 Å². The number of carbonyl (C=O) groups is 2. The van der Waals surface area contributed by atoms with Crippen LogP contribution in [0.5, 0.6) is 0 Å². The molecule has 1 fully saturated rings. The molecule has 1 saturated heterocycles. The second kappa shape index (κ2) is 5.91. The molecular formula is C20H16N2O4. The largest absolute Gasteiger partial charge is 0.371 e. The van der Waals surface area contributed by atoms with Crippen LogP contribution in [0.1, 0.15) is 50.2 Å². The Balaban J connectivity index is 1.94. The molecule has 0 spiro atoms. The highest BCUT2D eigenvalue weighted by molar-refractivity contribution is 6.30. The molecule has 130 valence electrons. The molecule has 0 atom stereocenters. The number of ketones is 2. The zero-order chi connectivity index (χ0) is 18.4. The summed E-state index contributed by atoms with van der Waals surface area (Å²) < 4.78 is 0. The van der Waals surface area contributed by atoms with Gasteiger partial charge in [-0.2, -0.15) is 0 Å². The zero-order valence-electron chi connectivity index (χ0n) is 14.0. The summed E-state index contributed by atoms with van der Waals surface area (Å²) in [5.74, 6) is -0.852.